The maximum Gasteiger partial charge on any atom is 0.182 e. The summed E-state index contributed by atoms with van der Waals surface area (Å²) < 4.78 is 5.67. The Bertz CT molecular complexity index is 781. The minimum atomic E-state index is 0.201. The van der Waals surface area contributed by atoms with E-state index in [0.717, 1.165) is 29.9 Å². The van der Waals surface area contributed by atoms with Crippen LogP contribution in [-0.2, 0) is 6.42 Å². The third-order valence-corrected chi connectivity index (χ3v) is 3.77. The SMILES string of the molecule is CC(CCc1ccc(OC(C)C)cc1)Nc1ncnc2nc[nH]c12. The predicted octanol–water partition coefficient (Wildman–Crippen LogP) is 3.57. The molecule has 0 aliphatic carbocycles. The van der Waals surface area contributed by atoms with Gasteiger partial charge in [-0.3, -0.25) is 0 Å². The van der Waals surface area contributed by atoms with Gasteiger partial charge in [-0.2, -0.15) is 0 Å². The highest BCUT2D eigenvalue weighted by molar-refractivity contribution is 5.81. The summed E-state index contributed by atoms with van der Waals surface area (Å²) in [4.78, 5) is 15.7. The summed E-state index contributed by atoms with van der Waals surface area (Å²) in [6, 6.07) is 8.61. The van der Waals surface area contributed by atoms with Gasteiger partial charge in [0.2, 0.25) is 0 Å². The highest BCUT2D eigenvalue weighted by atomic mass is 16.5. The lowest BCUT2D eigenvalue weighted by atomic mass is 10.1. The molecule has 1 atom stereocenters. The number of hydrogen-bond donors (Lipinski definition) is 2. The zero-order chi connectivity index (χ0) is 16.9. The number of rotatable bonds is 7. The van der Waals surface area contributed by atoms with Crippen LogP contribution in [0.2, 0.25) is 0 Å². The van der Waals surface area contributed by atoms with E-state index in [-0.39, 0.29) is 12.1 Å². The van der Waals surface area contributed by atoms with Crippen molar-refractivity contribution >= 4 is 17.0 Å². The Morgan fingerprint density at radius 1 is 1.08 bits per heavy atom. The first kappa shape index (κ1) is 16.2. The molecular formula is C18H23N5O. The van der Waals surface area contributed by atoms with Crippen LogP contribution in [-0.4, -0.2) is 32.1 Å². The smallest absolute Gasteiger partial charge is 0.182 e. The fourth-order valence-corrected chi connectivity index (χ4v) is 2.57. The molecule has 3 aromatic rings. The molecule has 126 valence electrons. The molecule has 6 nitrogen and oxygen atoms in total. The molecule has 0 bridgehead atoms. The van der Waals surface area contributed by atoms with Crippen molar-refractivity contribution in [2.75, 3.05) is 5.32 Å². The topological polar surface area (TPSA) is 75.7 Å². The molecule has 2 heterocycles. The van der Waals surface area contributed by atoms with E-state index in [1.165, 1.54) is 11.9 Å². The van der Waals surface area contributed by atoms with Gasteiger partial charge in [-0.25, -0.2) is 15.0 Å². The van der Waals surface area contributed by atoms with E-state index in [2.05, 4.69) is 44.3 Å². The molecule has 24 heavy (non-hydrogen) atoms. The highest BCUT2D eigenvalue weighted by Crippen LogP contribution is 2.18. The highest BCUT2D eigenvalue weighted by Gasteiger charge is 2.09. The Hall–Kier alpha value is -2.63. The minimum Gasteiger partial charge on any atom is -0.491 e. The Kier molecular flexibility index (Phi) is 4.93. The largest absolute Gasteiger partial charge is 0.491 e. The molecule has 0 aliphatic heterocycles. The van der Waals surface area contributed by atoms with Crippen molar-refractivity contribution in [1.29, 1.82) is 0 Å². The van der Waals surface area contributed by atoms with Crippen LogP contribution in [0.4, 0.5) is 5.82 Å². The molecule has 2 aromatic heterocycles. The maximum absolute atomic E-state index is 5.67. The summed E-state index contributed by atoms with van der Waals surface area (Å²) in [7, 11) is 0. The number of aromatic amines is 1. The lowest BCUT2D eigenvalue weighted by Crippen LogP contribution is -2.17. The summed E-state index contributed by atoms with van der Waals surface area (Å²) in [6.07, 6.45) is 5.37. The van der Waals surface area contributed by atoms with Crippen molar-refractivity contribution in [3.8, 4) is 5.75 Å². The summed E-state index contributed by atoms with van der Waals surface area (Å²) in [5.74, 6) is 1.72. The molecule has 1 aromatic carbocycles. The molecule has 0 radical (unpaired) electrons. The van der Waals surface area contributed by atoms with Gasteiger partial charge in [0.15, 0.2) is 11.5 Å². The van der Waals surface area contributed by atoms with Crippen LogP contribution >= 0.6 is 0 Å². The van der Waals surface area contributed by atoms with Crippen LogP contribution < -0.4 is 10.1 Å². The normalized spacial score (nSPS) is 12.5. The summed E-state index contributed by atoms with van der Waals surface area (Å²) in [5, 5.41) is 3.43. The van der Waals surface area contributed by atoms with Gasteiger partial charge in [-0.15, -0.1) is 0 Å². The maximum atomic E-state index is 5.67. The number of anilines is 1. The lowest BCUT2D eigenvalue weighted by molar-refractivity contribution is 0.242. The molecule has 1 unspecified atom stereocenters. The first-order chi connectivity index (χ1) is 11.6. The van der Waals surface area contributed by atoms with E-state index in [0.29, 0.717) is 5.65 Å². The number of nitrogens with one attached hydrogen (secondary N) is 2. The van der Waals surface area contributed by atoms with Gasteiger partial charge in [-0.1, -0.05) is 12.1 Å². The average Bonchev–Trinajstić information content (AvgIpc) is 3.03. The molecule has 3 rings (SSSR count). The van der Waals surface area contributed by atoms with Crippen LogP contribution in [0.15, 0.2) is 36.9 Å². The number of hydrogen-bond acceptors (Lipinski definition) is 5. The number of H-pyrrole nitrogens is 1. The summed E-state index contributed by atoms with van der Waals surface area (Å²) in [6.45, 7) is 6.22. The molecule has 2 N–H and O–H groups in total. The zero-order valence-corrected chi connectivity index (χ0v) is 14.3. The first-order valence-electron chi connectivity index (χ1n) is 8.28. The number of benzene rings is 1. The quantitative estimate of drug-likeness (QED) is 0.694. The third kappa shape index (κ3) is 4.01. The number of nitrogens with zero attached hydrogens (tertiary/aromatic N) is 3. The minimum absolute atomic E-state index is 0.201. The monoisotopic (exact) mass is 325 g/mol. The van der Waals surface area contributed by atoms with E-state index < -0.39 is 0 Å². The fourth-order valence-electron chi connectivity index (χ4n) is 2.57. The van der Waals surface area contributed by atoms with Crippen molar-refractivity contribution in [2.24, 2.45) is 0 Å². The van der Waals surface area contributed by atoms with Gasteiger partial charge in [0.1, 0.15) is 17.6 Å². The van der Waals surface area contributed by atoms with Gasteiger partial charge >= 0.3 is 0 Å². The first-order valence-corrected chi connectivity index (χ1v) is 8.28. The standard InChI is InChI=1S/C18H23N5O/c1-12(2)24-15-8-6-14(7-9-15)5-4-13(3)23-18-16-17(20-10-19-16)21-11-22-18/h6-13H,4-5H2,1-3H3,(H2,19,20,21,22,23). The van der Waals surface area contributed by atoms with Gasteiger partial charge in [-0.05, 0) is 51.3 Å². The van der Waals surface area contributed by atoms with Gasteiger partial charge < -0.3 is 15.0 Å². The Morgan fingerprint density at radius 3 is 2.62 bits per heavy atom. The number of imidazole rings is 1. The summed E-state index contributed by atoms with van der Waals surface area (Å²) in [5.41, 5.74) is 2.83. The van der Waals surface area contributed by atoms with Gasteiger partial charge in [0.05, 0.1) is 12.4 Å². The van der Waals surface area contributed by atoms with Crippen LogP contribution in [0.25, 0.3) is 11.2 Å². The Labute approximate surface area is 141 Å². The van der Waals surface area contributed by atoms with Crippen molar-refractivity contribution in [1.82, 2.24) is 19.9 Å². The van der Waals surface area contributed by atoms with E-state index in [9.17, 15) is 0 Å². The van der Waals surface area contributed by atoms with Crippen molar-refractivity contribution in [3.63, 3.8) is 0 Å². The number of ether oxygens (including phenoxy) is 1. The number of aryl methyl sites for hydroxylation is 1. The van der Waals surface area contributed by atoms with Crippen molar-refractivity contribution in [3.05, 3.63) is 42.5 Å². The van der Waals surface area contributed by atoms with E-state index in [4.69, 9.17) is 4.74 Å². The van der Waals surface area contributed by atoms with Crippen LogP contribution in [0, 0.1) is 0 Å². The molecule has 0 aliphatic rings. The van der Waals surface area contributed by atoms with Crippen LogP contribution in [0.5, 0.6) is 5.75 Å². The van der Waals surface area contributed by atoms with Crippen LogP contribution in [0.3, 0.4) is 0 Å². The molecule has 6 heteroatoms. The van der Waals surface area contributed by atoms with E-state index in [1.54, 1.807) is 6.33 Å². The molecule has 0 saturated heterocycles. The van der Waals surface area contributed by atoms with Crippen molar-refractivity contribution < 1.29 is 4.74 Å². The molecule has 0 spiro atoms. The second kappa shape index (κ2) is 7.29. The molecule has 0 amide bonds. The average molecular weight is 325 g/mol. The summed E-state index contributed by atoms with van der Waals surface area (Å²) >= 11 is 0. The van der Waals surface area contributed by atoms with Gasteiger partial charge in [0, 0.05) is 6.04 Å². The Balaban J connectivity index is 1.55. The number of aromatic nitrogens is 4. The van der Waals surface area contributed by atoms with E-state index >= 15 is 0 Å². The lowest BCUT2D eigenvalue weighted by Gasteiger charge is -2.15. The number of fused-ring (bicyclic) bond motifs is 1. The molecular weight excluding hydrogens is 302 g/mol. The zero-order valence-electron chi connectivity index (χ0n) is 14.3. The molecule has 0 fully saturated rings. The predicted molar refractivity (Wildman–Crippen MR) is 95.3 cm³/mol. The van der Waals surface area contributed by atoms with Gasteiger partial charge in [0.25, 0.3) is 0 Å². The second-order valence-electron chi connectivity index (χ2n) is 6.22. The fraction of sp³-hybridized carbons (Fsp3) is 0.389. The Morgan fingerprint density at radius 2 is 1.88 bits per heavy atom. The second-order valence-corrected chi connectivity index (χ2v) is 6.22. The molecule has 0 saturated carbocycles. The van der Waals surface area contributed by atoms with E-state index in [1.807, 2.05) is 26.0 Å². The van der Waals surface area contributed by atoms with Crippen LogP contribution in [0.1, 0.15) is 32.8 Å². The third-order valence-electron chi connectivity index (χ3n) is 3.77. The van der Waals surface area contributed by atoms with Crippen molar-refractivity contribution in [2.45, 2.75) is 45.8 Å².